The Labute approximate surface area is 123 Å². The van der Waals surface area contributed by atoms with Crippen molar-refractivity contribution in [2.45, 2.75) is 84.6 Å². The predicted octanol–water partition coefficient (Wildman–Crippen LogP) is 1.68. The first-order valence-corrected chi connectivity index (χ1v) is 8.39. The zero-order valence-corrected chi connectivity index (χ0v) is 16.7. The van der Waals surface area contributed by atoms with Crippen molar-refractivity contribution < 1.29 is 0 Å². The molecule has 0 saturated carbocycles. The normalized spacial score (nSPS) is 15.0. The van der Waals surface area contributed by atoms with E-state index in [4.69, 9.17) is 0 Å². The first kappa shape index (κ1) is 18.5. The zero-order valence-electron chi connectivity index (χ0n) is 14.7. The maximum atomic E-state index is 3.63. The second-order valence-electron chi connectivity index (χ2n) is 8.51. The van der Waals surface area contributed by atoms with Crippen LogP contribution in [0.3, 0.4) is 0 Å². The first-order valence-electron chi connectivity index (χ1n) is 7.24. The summed E-state index contributed by atoms with van der Waals surface area (Å²) < 4.78 is 0. The standard InChI is InChI=1S/C15H35N3Si/c1-13(2,3)16-11(17-14(4,5)6)10-12(19)18-15(7,8)9/h10,12,16-18H,1-9,19H3. The highest BCUT2D eigenvalue weighted by molar-refractivity contribution is 6.13. The maximum absolute atomic E-state index is 3.63. The lowest BCUT2D eigenvalue weighted by Gasteiger charge is -2.32. The van der Waals surface area contributed by atoms with Crippen LogP contribution >= 0.6 is 0 Å². The molecule has 0 aromatic heterocycles. The van der Waals surface area contributed by atoms with Gasteiger partial charge in [-0.15, -0.1) is 0 Å². The average molecular weight is 286 g/mol. The smallest absolute Gasteiger partial charge is 0.0965 e. The molecule has 0 aliphatic rings. The third-order valence-electron chi connectivity index (χ3n) is 2.10. The van der Waals surface area contributed by atoms with Crippen LogP contribution in [-0.2, 0) is 0 Å². The highest BCUT2D eigenvalue weighted by Gasteiger charge is 2.18. The van der Waals surface area contributed by atoms with Crippen molar-refractivity contribution in [3.8, 4) is 0 Å². The Hall–Kier alpha value is -0.483. The molecule has 0 radical (unpaired) electrons. The Morgan fingerprint density at radius 1 is 0.789 bits per heavy atom. The summed E-state index contributed by atoms with van der Waals surface area (Å²) in [6.45, 7) is 19.7. The van der Waals surface area contributed by atoms with E-state index in [9.17, 15) is 0 Å². The molecule has 0 bridgehead atoms. The molecule has 0 aromatic rings. The van der Waals surface area contributed by atoms with Gasteiger partial charge in [0.2, 0.25) is 0 Å². The van der Waals surface area contributed by atoms with Gasteiger partial charge in [0.05, 0.1) is 5.82 Å². The fraction of sp³-hybridized carbons (Fsp3) is 0.867. The molecule has 0 heterocycles. The quantitative estimate of drug-likeness (QED) is 0.688. The third kappa shape index (κ3) is 12.3. The molecule has 0 amide bonds. The van der Waals surface area contributed by atoms with Crippen LogP contribution in [0.1, 0.15) is 62.3 Å². The second kappa shape index (κ2) is 6.31. The van der Waals surface area contributed by atoms with Crippen molar-refractivity contribution in [1.82, 2.24) is 16.0 Å². The molecule has 114 valence electrons. The summed E-state index contributed by atoms with van der Waals surface area (Å²) in [5, 5.41) is 10.7. The van der Waals surface area contributed by atoms with E-state index in [-0.39, 0.29) is 16.6 Å². The van der Waals surface area contributed by atoms with E-state index in [1.165, 1.54) is 0 Å². The van der Waals surface area contributed by atoms with Crippen molar-refractivity contribution in [3.63, 3.8) is 0 Å². The van der Waals surface area contributed by atoms with E-state index in [0.717, 1.165) is 16.1 Å². The van der Waals surface area contributed by atoms with Crippen molar-refractivity contribution in [2.75, 3.05) is 0 Å². The molecule has 0 aliphatic carbocycles. The minimum Gasteiger partial charge on any atom is -0.368 e. The molecule has 19 heavy (non-hydrogen) atoms. The Morgan fingerprint density at radius 2 is 1.16 bits per heavy atom. The highest BCUT2D eigenvalue weighted by atomic mass is 28.1. The molecule has 0 aromatic carbocycles. The molecule has 0 aliphatic heterocycles. The van der Waals surface area contributed by atoms with Crippen LogP contribution in [0.5, 0.6) is 0 Å². The van der Waals surface area contributed by atoms with Crippen LogP contribution in [-0.4, -0.2) is 32.5 Å². The average Bonchev–Trinajstić information content (AvgIpc) is 1.90. The minimum atomic E-state index is 0.0626. The number of rotatable bonds is 4. The second-order valence-corrected chi connectivity index (χ2v) is 9.76. The first-order chi connectivity index (χ1) is 8.18. The largest absolute Gasteiger partial charge is 0.368 e. The lowest BCUT2D eigenvalue weighted by Crippen LogP contribution is -2.48. The lowest BCUT2D eigenvalue weighted by molar-refractivity contribution is 0.390. The Balaban J connectivity index is 4.91. The lowest BCUT2D eigenvalue weighted by atomic mass is 10.1. The predicted molar refractivity (Wildman–Crippen MR) is 90.5 cm³/mol. The molecule has 4 heteroatoms. The van der Waals surface area contributed by atoms with E-state index in [2.05, 4.69) is 84.3 Å². The minimum absolute atomic E-state index is 0.0626. The summed E-state index contributed by atoms with van der Waals surface area (Å²) in [5.41, 5.74) is 0.720. The van der Waals surface area contributed by atoms with Crippen molar-refractivity contribution in [2.24, 2.45) is 0 Å². The van der Waals surface area contributed by atoms with Gasteiger partial charge in [-0.25, -0.2) is 0 Å². The molecule has 0 spiro atoms. The van der Waals surface area contributed by atoms with Crippen LogP contribution in [0.4, 0.5) is 0 Å². The van der Waals surface area contributed by atoms with Gasteiger partial charge >= 0.3 is 0 Å². The molecule has 3 N–H and O–H groups in total. The molecule has 0 fully saturated rings. The Bertz CT molecular complexity index is 285. The van der Waals surface area contributed by atoms with E-state index >= 15 is 0 Å². The van der Waals surface area contributed by atoms with Crippen molar-refractivity contribution in [1.29, 1.82) is 0 Å². The number of hydrogen-bond donors (Lipinski definition) is 3. The van der Waals surface area contributed by atoms with Gasteiger partial charge < -0.3 is 16.0 Å². The molecule has 3 nitrogen and oxygen atoms in total. The molecular formula is C15H35N3Si. The summed E-state index contributed by atoms with van der Waals surface area (Å²) in [6.07, 6.45) is 2.29. The van der Waals surface area contributed by atoms with Gasteiger partial charge in [0.1, 0.15) is 0 Å². The van der Waals surface area contributed by atoms with Crippen molar-refractivity contribution in [3.05, 3.63) is 11.9 Å². The zero-order chi connectivity index (χ0) is 15.5. The van der Waals surface area contributed by atoms with Gasteiger partial charge in [-0.05, 0) is 68.4 Å². The Kier molecular flexibility index (Phi) is 6.15. The monoisotopic (exact) mass is 285 g/mol. The fourth-order valence-corrected chi connectivity index (χ4v) is 3.10. The molecular weight excluding hydrogens is 250 g/mol. The number of nitrogens with one attached hydrogen (secondary N) is 3. The van der Waals surface area contributed by atoms with Gasteiger partial charge in [0, 0.05) is 32.5 Å². The SMILES string of the molecule is CC(C)(C)NC(=CC([SiH3])NC(C)(C)C)NC(C)(C)C. The fourth-order valence-electron chi connectivity index (χ4n) is 1.90. The van der Waals surface area contributed by atoms with E-state index < -0.39 is 0 Å². The van der Waals surface area contributed by atoms with Crippen molar-refractivity contribution >= 4 is 10.2 Å². The molecule has 1 atom stereocenters. The van der Waals surface area contributed by atoms with Crippen LogP contribution in [0.2, 0.25) is 0 Å². The topological polar surface area (TPSA) is 36.1 Å². The summed E-state index contributed by atoms with van der Waals surface area (Å²) in [4.78, 5) is 0. The van der Waals surface area contributed by atoms with Gasteiger partial charge in [0.25, 0.3) is 0 Å². The molecule has 0 saturated heterocycles. The Morgan fingerprint density at radius 3 is 1.42 bits per heavy atom. The van der Waals surface area contributed by atoms with E-state index in [0.29, 0.717) is 5.67 Å². The van der Waals surface area contributed by atoms with Crippen LogP contribution in [0.15, 0.2) is 11.9 Å². The van der Waals surface area contributed by atoms with E-state index in [1.54, 1.807) is 0 Å². The number of hydrogen-bond acceptors (Lipinski definition) is 3. The van der Waals surface area contributed by atoms with Gasteiger partial charge in [-0.2, -0.15) is 0 Å². The van der Waals surface area contributed by atoms with E-state index in [1.807, 2.05) is 0 Å². The maximum Gasteiger partial charge on any atom is 0.0965 e. The van der Waals surface area contributed by atoms with Crippen LogP contribution in [0, 0.1) is 0 Å². The summed E-state index contributed by atoms with van der Waals surface area (Å²) in [5.74, 6) is 1.12. The molecule has 0 rings (SSSR count). The summed E-state index contributed by atoms with van der Waals surface area (Å²) in [7, 11) is 1.08. The highest BCUT2D eigenvalue weighted by Crippen LogP contribution is 2.08. The summed E-state index contributed by atoms with van der Waals surface area (Å²) >= 11 is 0. The molecule has 1 unspecified atom stereocenters. The van der Waals surface area contributed by atoms with Gasteiger partial charge in [-0.3, -0.25) is 0 Å². The van der Waals surface area contributed by atoms with Crippen LogP contribution < -0.4 is 16.0 Å². The van der Waals surface area contributed by atoms with Crippen LogP contribution in [0.25, 0.3) is 0 Å². The van der Waals surface area contributed by atoms with Gasteiger partial charge in [-0.1, -0.05) is 0 Å². The third-order valence-corrected chi connectivity index (χ3v) is 2.72. The van der Waals surface area contributed by atoms with Gasteiger partial charge in [0.15, 0.2) is 0 Å². The summed E-state index contributed by atoms with van der Waals surface area (Å²) in [6, 6.07) is 0.